The average molecular weight is 547 g/mol. The summed E-state index contributed by atoms with van der Waals surface area (Å²) >= 11 is 6.05. The number of carbonyl (C=O) groups is 2. The summed E-state index contributed by atoms with van der Waals surface area (Å²) in [7, 11) is 0. The lowest BCUT2D eigenvalue weighted by Gasteiger charge is -2.16. The molecule has 3 heterocycles. The Morgan fingerprint density at radius 3 is 2.46 bits per heavy atom. The molecule has 3 amide bonds. The number of imidazole rings is 1. The molecule has 202 valence electrons. The number of amides is 3. The minimum atomic E-state index is -0.210. The first kappa shape index (κ1) is 26.5. The second-order valence-corrected chi connectivity index (χ2v) is 10.0. The van der Waals surface area contributed by atoms with Gasteiger partial charge in [-0.3, -0.25) is 14.0 Å². The molecule has 0 radical (unpaired) electrons. The third kappa shape index (κ3) is 5.83. The molecule has 1 aliphatic heterocycles. The number of rotatable bonds is 10. The summed E-state index contributed by atoms with van der Waals surface area (Å²) in [5, 5.41) is 6.26. The Balaban J connectivity index is 1.42. The molecule has 2 aromatic heterocycles. The molecule has 0 saturated carbocycles. The van der Waals surface area contributed by atoms with E-state index in [1.807, 2.05) is 24.3 Å². The van der Waals surface area contributed by atoms with Crippen LogP contribution in [0.2, 0.25) is 5.02 Å². The van der Waals surface area contributed by atoms with Gasteiger partial charge in [-0.25, -0.2) is 9.78 Å². The molecule has 2 N–H and O–H groups in total. The first-order valence-electron chi connectivity index (χ1n) is 13.2. The lowest BCUT2D eigenvalue weighted by atomic mass is 10.1. The van der Waals surface area contributed by atoms with Gasteiger partial charge in [0.15, 0.2) is 0 Å². The highest BCUT2D eigenvalue weighted by Crippen LogP contribution is 2.25. The topological polar surface area (TPSA) is 101 Å². The van der Waals surface area contributed by atoms with Crippen LogP contribution in [0.5, 0.6) is 0 Å². The van der Waals surface area contributed by atoms with Gasteiger partial charge < -0.3 is 20.1 Å². The van der Waals surface area contributed by atoms with E-state index in [2.05, 4.69) is 22.1 Å². The summed E-state index contributed by atoms with van der Waals surface area (Å²) in [6.07, 6.45) is 4.84. The molecule has 0 bridgehead atoms. The van der Waals surface area contributed by atoms with Gasteiger partial charge in [0.1, 0.15) is 0 Å². The van der Waals surface area contributed by atoms with Gasteiger partial charge in [-0.2, -0.15) is 0 Å². The van der Waals surface area contributed by atoms with Crippen LogP contribution in [0.3, 0.4) is 0 Å². The third-order valence-electron chi connectivity index (χ3n) is 6.90. The number of aryl methyl sites for hydroxylation is 1. The second-order valence-electron chi connectivity index (χ2n) is 9.58. The van der Waals surface area contributed by atoms with Crippen molar-refractivity contribution in [2.24, 2.45) is 0 Å². The van der Waals surface area contributed by atoms with E-state index in [-0.39, 0.29) is 17.5 Å². The number of nitrogens with one attached hydrogen (secondary N) is 2. The fourth-order valence-electron chi connectivity index (χ4n) is 4.76. The van der Waals surface area contributed by atoms with Crippen LogP contribution >= 0.6 is 11.6 Å². The van der Waals surface area contributed by atoms with Crippen LogP contribution in [-0.4, -0.2) is 57.0 Å². The zero-order chi connectivity index (χ0) is 27.4. The fraction of sp³-hybridized carbons (Fsp3) is 0.310. The van der Waals surface area contributed by atoms with Gasteiger partial charge >= 0.3 is 6.03 Å². The van der Waals surface area contributed by atoms with E-state index in [9.17, 15) is 14.4 Å². The van der Waals surface area contributed by atoms with Crippen molar-refractivity contribution in [2.45, 2.75) is 32.7 Å². The number of carbonyl (C=O) groups excluding carboxylic acids is 2. The molecule has 9 nitrogen and oxygen atoms in total. The maximum absolute atomic E-state index is 13.2. The summed E-state index contributed by atoms with van der Waals surface area (Å²) in [6.45, 7) is 4.96. The van der Waals surface area contributed by atoms with Crippen LogP contribution in [0.15, 0.2) is 65.6 Å². The molecule has 39 heavy (non-hydrogen) atoms. The molecule has 5 rings (SSSR count). The van der Waals surface area contributed by atoms with E-state index in [4.69, 9.17) is 16.6 Å². The van der Waals surface area contributed by atoms with E-state index < -0.39 is 0 Å². The van der Waals surface area contributed by atoms with Crippen molar-refractivity contribution in [2.75, 3.05) is 26.2 Å². The van der Waals surface area contributed by atoms with Gasteiger partial charge in [-0.1, -0.05) is 55.6 Å². The smallest absolute Gasteiger partial charge is 0.317 e. The van der Waals surface area contributed by atoms with E-state index >= 15 is 0 Å². The summed E-state index contributed by atoms with van der Waals surface area (Å²) in [5.41, 5.74) is 3.49. The number of unbranched alkanes of at least 4 members (excludes halogenated alkanes) is 2. The van der Waals surface area contributed by atoms with Gasteiger partial charge in [0.05, 0.1) is 11.4 Å². The zero-order valence-electron chi connectivity index (χ0n) is 21.8. The minimum absolute atomic E-state index is 0.103. The lowest BCUT2D eigenvalue weighted by Crippen LogP contribution is -2.36. The Labute approximate surface area is 231 Å². The van der Waals surface area contributed by atoms with E-state index in [0.29, 0.717) is 54.8 Å². The van der Waals surface area contributed by atoms with Crippen molar-refractivity contribution < 1.29 is 9.59 Å². The first-order chi connectivity index (χ1) is 18.9. The molecular weight excluding hydrogens is 516 g/mol. The number of urea groups is 1. The molecule has 0 unspecified atom stereocenters. The van der Waals surface area contributed by atoms with Crippen molar-refractivity contribution in [1.29, 1.82) is 0 Å². The number of fused-ring (bicyclic) bond motifs is 1. The van der Waals surface area contributed by atoms with Gasteiger partial charge in [0.2, 0.25) is 5.78 Å². The van der Waals surface area contributed by atoms with Crippen LogP contribution in [0, 0.1) is 0 Å². The molecule has 1 fully saturated rings. The summed E-state index contributed by atoms with van der Waals surface area (Å²) in [4.78, 5) is 44.0. The maximum atomic E-state index is 13.2. The second kappa shape index (κ2) is 11.7. The number of nitrogens with zero attached hydrogens (tertiary/aromatic N) is 4. The van der Waals surface area contributed by atoms with Gasteiger partial charge in [-0.15, -0.1) is 0 Å². The van der Waals surface area contributed by atoms with Crippen LogP contribution in [-0.2, 0) is 6.54 Å². The van der Waals surface area contributed by atoms with Crippen LogP contribution in [0.4, 0.5) is 4.79 Å². The molecule has 1 aliphatic rings. The van der Waals surface area contributed by atoms with E-state index in [0.717, 1.165) is 36.1 Å². The highest BCUT2D eigenvalue weighted by atomic mass is 35.5. The Morgan fingerprint density at radius 1 is 1.03 bits per heavy atom. The standard InChI is InChI=1S/C29H31ClN6O3/c1-2-3-4-15-35-25(18-26(37)36-19-24(33-28(35)36)20-9-11-23(30)12-10-20)21-5-7-22(8-6-21)27(38)31-13-16-34-17-14-32-29(34)39/h5-12,18-19H,2-4,13-17H2,1H3,(H,31,38)(H,32,39). The van der Waals surface area contributed by atoms with Crippen molar-refractivity contribution in [3.05, 3.63) is 81.7 Å². The van der Waals surface area contributed by atoms with Crippen molar-refractivity contribution >= 4 is 29.3 Å². The van der Waals surface area contributed by atoms with Gasteiger partial charge in [0.25, 0.3) is 11.5 Å². The summed E-state index contributed by atoms with van der Waals surface area (Å²) in [6, 6.07) is 16.1. The number of hydrogen-bond donors (Lipinski definition) is 2. The molecule has 0 atom stereocenters. The summed E-state index contributed by atoms with van der Waals surface area (Å²) < 4.78 is 3.66. The van der Waals surface area contributed by atoms with E-state index in [1.165, 1.54) is 0 Å². The molecule has 0 spiro atoms. The van der Waals surface area contributed by atoms with Gasteiger partial charge in [0, 0.05) is 61.1 Å². The predicted octanol–water partition coefficient (Wildman–Crippen LogP) is 4.43. The van der Waals surface area contributed by atoms with E-state index in [1.54, 1.807) is 45.8 Å². The highest BCUT2D eigenvalue weighted by molar-refractivity contribution is 6.30. The Bertz CT molecular complexity index is 1540. The number of hydrogen-bond acceptors (Lipinski definition) is 4. The molecule has 1 saturated heterocycles. The molecule has 2 aromatic carbocycles. The normalized spacial score (nSPS) is 13.2. The lowest BCUT2D eigenvalue weighted by molar-refractivity contribution is 0.0950. The predicted molar refractivity (Wildman–Crippen MR) is 152 cm³/mol. The number of halogens is 1. The summed E-state index contributed by atoms with van der Waals surface area (Å²) in [5.74, 6) is 0.365. The minimum Gasteiger partial charge on any atom is -0.350 e. The molecule has 4 aromatic rings. The number of benzene rings is 2. The van der Waals surface area contributed by atoms with Crippen LogP contribution in [0.25, 0.3) is 28.3 Å². The number of aromatic nitrogens is 3. The Kier molecular flexibility index (Phi) is 7.97. The van der Waals surface area contributed by atoms with Crippen LogP contribution < -0.4 is 16.2 Å². The highest BCUT2D eigenvalue weighted by Gasteiger charge is 2.19. The van der Waals surface area contributed by atoms with Crippen molar-refractivity contribution in [3.63, 3.8) is 0 Å². The Morgan fingerprint density at radius 2 is 1.77 bits per heavy atom. The largest absolute Gasteiger partial charge is 0.350 e. The van der Waals surface area contributed by atoms with Gasteiger partial charge in [-0.05, 0) is 36.2 Å². The molecular formula is C29H31ClN6O3. The zero-order valence-corrected chi connectivity index (χ0v) is 22.6. The Hall–Kier alpha value is -4.11. The monoisotopic (exact) mass is 546 g/mol. The van der Waals surface area contributed by atoms with Crippen LogP contribution in [0.1, 0.15) is 36.5 Å². The maximum Gasteiger partial charge on any atom is 0.317 e. The third-order valence-corrected chi connectivity index (χ3v) is 7.15. The molecule has 10 heteroatoms. The quantitative estimate of drug-likeness (QED) is 0.287. The molecule has 0 aliphatic carbocycles. The fourth-order valence-corrected chi connectivity index (χ4v) is 4.88. The van der Waals surface area contributed by atoms with Crippen molar-refractivity contribution in [1.82, 2.24) is 29.5 Å². The first-order valence-corrected chi connectivity index (χ1v) is 13.6. The van der Waals surface area contributed by atoms with Crippen molar-refractivity contribution in [3.8, 4) is 22.5 Å². The average Bonchev–Trinajstić information content (AvgIpc) is 3.57. The SMILES string of the molecule is CCCCCn1c(-c2ccc(C(=O)NCCN3CCNC3=O)cc2)cc(=O)n2cc(-c3ccc(Cl)cc3)nc12.